The number of hydrogen-bond acceptors (Lipinski definition) is 5. The molecule has 2 heterocycles. The molecule has 1 aliphatic heterocycles. The Morgan fingerprint density at radius 3 is 2.48 bits per heavy atom. The third-order valence-electron chi connectivity index (χ3n) is 5.07. The molecular weight excluding hydrogens is 326 g/mol. The fourth-order valence-corrected chi connectivity index (χ4v) is 3.81. The molecule has 0 radical (unpaired) electrons. The third-order valence-corrected chi connectivity index (χ3v) is 5.07. The summed E-state index contributed by atoms with van der Waals surface area (Å²) in [6.07, 6.45) is 5.94. The number of rotatable bonds is 4. The van der Waals surface area contributed by atoms with E-state index in [0.717, 1.165) is 38.6 Å². The average molecular weight is 349 g/mol. The molecule has 3 rings (SSSR count). The summed E-state index contributed by atoms with van der Waals surface area (Å²) in [5.74, 6) is -0.511. The minimum absolute atomic E-state index is 0.0912. The summed E-state index contributed by atoms with van der Waals surface area (Å²) in [6.45, 7) is 2.63. The molecule has 0 spiro atoms. The Hall–Kier alpha value is -2.38. The molecule has 0 bridgehead atoms. The molecule has 0 unspecified atom stereocenters. The highest BCUT2D eigenvalue weighted by molar-refractivity contribution is 5.88. The van der Waals surface area contributed by atoms with Gasteiger partial charge in [-0.15, -0.1) is 0 Å². The van der Waals surface area contributed by atoms with Gasteiger partial charge in [-0.2, -0.15) is 0 Å². The maximum atomic E-state index is 12.2. The minimum Gasteiger partial charge on any atom is -0.462 e. The van der Waals surface area contributed by atoms with Crippen LogP contribution in [0.5, 0.6) is 0 Å². The van der Waals surface area contributed by atoms with Crippen molar-refractivity contribution in [3.8, 4) is 0 Å². The van der Waals surface area contributed by atoms with Gasteiger partial charge in [-0.3, -0.25) is 19.1 Å². The van der Waals surface area contributed by atoms with Crippen molar-refractivity contribution in [3.63, 3.8) is 0 Å². The SMILES string of the molecule is CCOC(=O)c1cn([C@H]2CC[C@H](N3CCCC3=O)CC2)c(=O)[nH]c1=O. The molecule has 136 valence electrons. The second kappa shape index (κ2) is 7.25. The second-order valence-corrected chi connectivity index (χ2v) is 6.58. The lowest BCUT2D eigenvalue weighted by Gasteiger charge is -2.35. The first-order valence-electron chi connectivity index (χ1n) is 8.83. The number of esters is 1. The van der Waals surface area contributed by atoms with Crippen molar-refractivity contribution in [1.29, 1.82) is 0 Å². The van der Waals surface area contributed by atoms with Gasteiger partial charge in [-0.25, -0.2) is 9.59 Å². The lowest BCUT2D eigenvalue weighted by atomic mass is 9.90. The Morgan fingerprint density at radius 1 is 1.20 bits per heavy atom. The van der Waals surface area contributed by atoms with Gasteiger partial charge in [0.1, 0.15) is 5.56 Å². The van der Waals surface area contributed by atoms with Crippen LogP contribution in [0.15, 0.2) is 15.8 Å². The van der Waals surface area contributed by atoms with Crippen LogP contribution >= 0.6 is 0 Å². The number of carbonyl (C=O) groups excluding carboxylic acids is 2. The zero-order valence-electron chi connectivity index (χ0n) is 14.3. The van der Waals surface area contributed by atoms with E-state index in [9.17, 15) is 19.2 Å². The number of likely N-dealkylation sites (tertiary alicyclic amines) is 1. The molecule has 2 fully saturated rings. The number of carbonyl (C=O) groups is 2. The van der Waals surface area contributed by atoms with E-state index in [2.05, 4.69) is 4.98 Å². The van der Waals surface area contributed by atoms with Gasteiger partial charge in [0, 0.05) is 31.2 Å². The standard InChI is InChI=1S/C17H23N3O5/c1-2-25-16(23)13-10-20(17(24)18-15(13)22)12-7-5-11(6-8-12)19-9-3-4-14(19)21/h10-12H,2-9H2,1H3,(H,18,22,24)/t11-,12-. The molecule has 1 saturated carbocycles. The van der Waals surface area contributed by atoms with Gasteiger partial charge >= 0.3 is 11.7 Å². The number of hydrogen-bond donors (Lipinski definition) is 1. The number of aromatic nitrogens is 2. The zero-order valence-corrected chi connectivity index (χ0v) is 14.3. The minimum atomic E-state index is -0.728. The topological polar surface area (TPSA) is 101 Å². The average Bonchev–Trinajstić information content (AvgIpc) is 3.01. The summed E-state index contributed by atoms with van der Waals surface area (Å²) in [5, 5.41) is 0. The Bertz CT molecular complexity index is 773. The van der Waals surface area contributed by atoms with E-state index in [4.69, 9.17) is 4.74 Å². The van der Waals surface area contributed by atoms with Crippen molar-refractivity contribution in [1.82, 2.24) is 14.5 Å². The van der Waals surface area contributed by atoms with Crippen molar-refractivity contribution in [2.24, 2.45) is 0 Å². The molecule has 8 heteroatoms. The van der Waals surface area contributed by atoms with E-state index < -0.39 is 17.2 Å². The van der Waals surface area contributed by atoms with Gasteiger partial charge in [-0.1, -0.05) is 0 Å². The number of aromatic amines is 1. The maximum Gasteiger partial charge on any atom is 0.345 e. The Morgan fingerprint density at radius 2 is 1.88 bits per heavy atom. The molecule has 0 atom stereocenters. The van der Waals surface area contributed by atoms with Gasteiger partial charge in [0.15, 0.2) is 0 Å². The monoisotopic (exact) mass is 349 g/mol. The highest BCUT2D eigenvalue weighted by Crippen LogP contribution is 2.32. The molecule has 25 heavy (non-hydrogen) atoms. The predicted octanol–water partition coefficient (Wildman–Crippen LogP) is 0.819. The van der Waals surface area contributed by atoms with Crippen molar-refractivity contribution < 1.29 is 14.3 Å². The van der Waals surface area contributed by atoms with E-state index >= 15 is 0 Å². The fraction of sp³-hybridized carbons (Fsp3) is 0.647. The number of H-pyrrole nitrogens is 1. The summed E-state index contributed by atoms with van der Waals surface area (Å²) in [4.78, 5) is 51.9. The van der Waals surface area contributed by atoms with Crippen LogP contribution in [0.1, 0.15) is 61.8 Å². The van der Waals surface area contributed by atoms with E-state index in [1.54, 1.807) is 6.92 Å². The van der Waals surface area contributed by atoms with Gasteiger partial charge in [0.05, 0.1) is 6.61 Å². The van der Waals surface area contributed by atoms with Gasteiger partial charge in [0.25, 0.3) is 5.56 Å². The van der Waals surface area contributed by atoms with Crippen LogP contribution in [0.3, 0.4) is 0 Å². The molecular formula is C17H23N3O5. The van der Waals surface area contributed by atoms with Crippen LogP contribution in [0.2, 0.25) is 0 Å². The molecule has 1 N–H and O–H groups in total. The zero-order chi connectivity index (χ0) is 18.0. The highest BCUT2D eigenvalue weighted by Gasteiger charge is 2.32. The Balaban J connectivity index is 1.75. The van der Waals surface area contributed by atoms with Gasteiger partial charge in [-0.05, 0) is 39.0 Å². The van der Waals surface area contributed by atoms with Gasteiger partial charge < -0.3 is 9.64 Å². The first-order chi connectivity index (χ1) is 12.0. The largest absolute Gasteiger partial charge is 0.462 e. The van der Waals surface area contributed by atoms with E-state index in [1.165, 1.54) is 10.8 Å². The number of ether oxygens (including phenoxy) is 1. The van der Waals surface area contributed by atoms with E-state index in [-0.39, 0.29) is 30.2 Å². The fourth-order valence-electron chi connectivity index (χ4n) is 3.81. The Labute approximate surface area is 144 Å². The normalized spacial score (nSPS) is 23.7. The summed E-state index contributed by atoms with van der Waals surface area (Å²) in [6, 6.07) is 0.140. The smallest absolute Gasteiger partial charge is 0.345 e. The Kier molecular flexibility index (Phi) is 5.06. The number of nitrogens with zero attached hydrogens (tertiary/aromatic N) is 2. The first kappa shape index (κ1) is 17.4. The second-order valence-electron chi connectivity index (χ2n) is 6.58. The summed E-state index contributed by atoms with van der Waals surface area (Å²) >= 11 is 0. The molecule has 1 aromatic heterocycles. The summed E-state index contributed by atoms with van der Waals surface area (Å²) in [7, 11) is 0. The van der Waals surface area contributed by atoms with Crippen LogP contribution in [-0.4, -0.2) is 45.5 Å². The van der Waals surface area contributed by atoms with Crippen LogP contribution in [0, 0.1) is 0 Å². The molecule has 1 amide bonds. The third kappa shape index (κ3) is 3.52. The van der Waals surface area contributed by atoms with Crippen LogP contribution in [0.4, 0.5) is 0 Å². The molecule has 8 nitrogen and oxygen atoms in total. The molecule has 1 aliphatic carbocycles. The highest BCUT2D eigenvalue weighted by atomic mass is 16.5. The molecule has 1 aromatic rings. The van der Waals surface area contributed by atoms with Crippen molar-refractivity contribution in [2.75, 3.05) is 13.2 Å². The van der Waals surface area contributed by atoms with Crippen LogP contribution in [-0.2, 0) is 9.53 Å². The molecule has 0 aromatic carbocycles. The number of amides is 1. The molecule has 1 saturated heterocycles. The summed E-state index contributed by atoms with van der Waals surface area (Å²) in [5.41, 5.74) is -1.40. The first-order valence-corrected chi connectivity index (χ1v) is 8.83. The van der Waals surface area contributed by atoms with E-state index in [1.807, 2.05) is 4.90 Å². The summed E-state index contributed by atoms with van der Waals surface area (Å²) < 4.78 is 6.30. The van der Waals surface area contributed by atoms with Crippen molar-refractivity contribution in [2.45, 2.75) is 57.5 Å². The van der Waals surface area contributed by atoms with Gasteiger partial charge in [0.2, 0.25) is 5.91 Å². The predicted molar refractivity (Wildman–Crippen MR) is 89.5 cm³/mol. The van der Waals surface area contributed by atoms with Crippen LogP contribution in [0.25, 0.3) is 0 Å². The number of nitrogens with one attached hydrogen (secondary N) is 1. The molecule has 2 aliphatic rings. The quantitative estimate of drug-likeness (QED) is 0.811. The lowest BCUT2D eigenvalue weighted by molar-refractivity contribution is -0.130. The maximum absolute atomic E-state index is 12.2. The van der Waals surface area contributed by atoms with E-state index in [0.29, 0.717) is 6.42 Å². The van der Waals surface area contributed by atoms with Crippen LogP contribution < -0.4 is 11.2 Å². The van der Waals surface area contributed by atoms with Crippen molar-refractivity contribution in [3.05, 3.63) is 32.6 Å². The lowest BCUT2D eigenvalue weighted by Crippen LogP contribution is -2.41. The van der Waals surface area contributed by atoms with Crippen molar-refractivity contribution >= 4 is 11.9 Å².